The first-order valence-corrected chi connectivity index (χ1v) is 6.33. The fraction of sp³-hybridized carbons (Fsp3) is 0.917. The molecule has 0 heterocycles. The molecule has 0 aromatic rings. The monoisotopic (exact) mass is 229 g/mol. The van der Waals surface area contributed by atoms with Crippen LogP contribution in [0.1, 0.15) is 40.5 Å². The van der Waals surface area contributed by atoms with Crippen molar-refractivity contribution in [1.82, 2.24) is 10.2 Å². The van der Waals surface area contributed by atoms with E-state index in [9.17, 15) is 4.79 Å². The molecule has 96 valence electrons. The highest BCUT2D eigenvalue weighted by Gasteiger charge is 2.15. The van der Waals surface area contributed by atoms with Crippen LogP contribution < -0.4 is 11.1 Å². The number of amides is 1. The van der Waals surface area contributed by atoms with Gasteiger partial charge in [0.2, 0.25) is 5.91 Å². The molecule has 0 bridgehead atoms. The molecule has 0 rings (SSSR count). The molecule has 0 saturated carbocycles. The van der Waals surface area contributed by atoms with Gasteiger partial charge in [-0.3, -0.25) is 4.79 Å². The normalized spacial score (nSPS) is 14.9. The molecule has 16 heavy (non-hydrogen) atoms. The largest absolute Gasteiger partial charge is 0.351 e. The van der Waals surface area contributed by atoms with Gasteiger partial charge in [0.1, 0.15) is 0 Å². The Morgan fingerprint density at radius 2 is 1.88 bits per heavy atom. The van der Waals surface area contributed by atoms with Crippen molar-refractivity contribution < 1.29 is 4.79 Å². The highest BCUT2D eigenvalue weighted by atomic mass is 16.2. The maximum atomic E-state index is 11.6. The van der Waals surface area contributed by atoms with Crippen molar-refractivity contribution >= 4 is 5.91 Å². The summed E-state index contributed by atoms with van der Waals surface area (Å²) in [6, 6.07) is -0.195. The Morgan fingerprint density at radius 3 is 2.31 bits per heavy atom. The first-order valence-electron chi connectivity index (χ1n) is 6.33. The van der Waals surface area contributed by atoms with Crippen molar-refractivity contribution in [2.45, 2.75) is 52.6 Å². The summed E-state index contributed by atoms with van der Waals surface area (Å²) in [6.45, 7) is 11.2. The lowest BCUT2D eigenvalue weighted by atomic mass is 10.1. The third-order valence-corrected chi connectivity index (χ3v) is 2.75. The number of nitrogens with zero attached hydrogens (tertiary/aromatic N) is 1. The Morgan fingerprint density at radius 1 is 1.31 bits per heavy atom. The summed E-state index contributed by atoms with van der Waals surface area (Å²) in [4.78, 5) is 13.9. The van der Waals surface area contributed by atoms with Gasteiger partial charge in [-0.2, -0.15) is 0 Å². The molecular formula is C12H27N3O. The van der Waals surface area contributed by atoms with E-state index in [0.717, 1.165) is 32.5 Å². The topological polar surface area (TPSA) is 58.4 Å². The quantitative estimate of drug-likeness (QED) is 0.652. The summed E-state index contributed by atoms with van der Waals surface area (Å²) < 4.78 is 0. The van der Waals surface area contributed by atoms with Crippen molar-refractivity contribution in [2.24, 2.45) is 5.73 Å². The van der Waals surface area contributed by atoms with Gasteiger partial charge < -0.3 is 16.0 Å². The van der Waals surface area contributed by atoms with E-state index in [1.807, 2.05) is 13.8 Å². The second-order valence-corrected chi connectivity index (χ2v) is 4.29. The van der Waals surface area contributed by atoms with Crippen LogP contribution in [0.15, 0.2) is 0 Å². The van der Waals surface area contributed by atoms with Gasteiger partial charge in [0.15, 0.2) is 0 Å². The average molecular weight is 229 g/mol. The first-order chi connectivity index (χ1) is 7.54. The Hall–Kier alpha value is -0.610. The van der Waals surface area contributed by atoms with Crippen LogP contribution in [0.25, 0.3) is 0 Å². The second kappa shape index (κ2) is 8.53. The van der Waals surface area contributed by atoms with Crippen LogP contribution in [-0.4, -0.2) is 42.5 Å². The lowest BCUT2D eigenvalue weighted by molar-refractivity contribution is -0.123. The molecule has 0 aliphatic carbocycles. The summed E-state index contributed by atoms with van der Waals surface area (Å²) in [5.74, 6) is -0.0264. The van der Waals surface area contributed by atoms with E-state index in [2.05, 4.69) is 24.1 Å². The first kappa shape index (κ1) is 15.4. The molecule has 0 aliphatic rings. The highest BCUT2D eigenvalue weighted by Crippen LogP contribution is 1.96. The van der Waals surface area contributed by atoms with Gasteiger partial charge in [-0.25, -0.2) is 0 Å². The lowest BCUT2D eigenvalue weighted by Crippen LogP contribution is -2.48. The maximum Gasteiger partial charge on any atom is 0.237 e. The fourth-order valence-electron chi connectivity index (χ4n) is 1.71. The van der Waals surface area contributed by atoms with E-state index >= 15 is 0 Å². The van der Waals surface area contributed by atoms with Crippen molar-refractivity contribution in [3.63, 3.8) is 0 Å². The van der Waals surface area contributed by atoms with E-state index in [4.69, 9.17) is 5.73 Å². The molecule has 2 atom stereocenters. The van der Waals surface area contributed by atoms with Gasteiger partial charge in [0.05, 0.1) is 6.04 Å². The predicted molar refractivity (Wildman–Crippen MR) is 68.3 cm³/mol. The van der Waals surface area contributed by atoms with Gasteiger partial charge in [-0.15, -0.1) is 0 Å². The Balaban J connectivity index is 3.94. The number of hydrogen-bond acceptors (Lipinski definition) is 3. The molecule has 0 fully saturated rings. The Labute approximate surface area is 99.6 Å². The maximum absolute atomic E-state index is 11.6. The summed E-state index contributed by atoms with van der Waals surface area (Å²) >= 11 is 0. The summed E-state index contributed by atoms with van der Waals surface area (Å²) in [5, 5.41) is 2.96. The third kappa shape index (κ3) is 6.08. The molecule has 3 N–H and O–H groups in total. The number of rotatable bonds is 8. The third-order valence-electron chi connectivity index (χ3n) is 2.75. The van der Waals surface area contributed by atoms with E-state index in [0.29, 0.717) is 0 Å². The van der Waals surface area contributed by atoms with E-state index in [-0.39, 0.29) is 18.0 Å². The van der Waals surface area contributed by atoms with E-state index in [1.165, 1.54) is 0 Å². The number of likely N-dealkylation sites (N-methyl/N-ethyl adjacent to an activating group) is 1. The fourth-order valence-corrected chi connectivity index (χ4v) is 1.71. The zero-order valence-corrected chi connectivity index (χ0v) is 11.1. The standard InChI is InChI=1S/C12H27N3O/c1-5-8-11(13)12(16)14-10(4)9-15(6-2)7-3/h10-11H,5-9,13H2,1-4H3,(H,14,16)/t10?,11-/m0/s1. The molecule has 4 heteroatoms. The molecule has 1 unspecified atom stereocenters. The molecule has 4 nitrogen and oxygen atoms in total. The minimum atomic E-state index is -0.357. The van der Waals surface area contributed by atoms with Gasteiger partial charge in [-0.1, -0.05) is 27.2 Å². The molecule has 0 radical (unpaired) electrons. The molecule has 0 spiro atoms. The number of carbonyl (C=O) groups excluding carboxylic acids is 1. The van der Waals surface area contributed by atoms with Gasteiger partial charge in [-0.05, 0) is 26.4 Å². The number of nitrogens with one attached hydrogen (secondary N) is 1. The van der Waals surface area contributed by atoms with Crippen LogP contribution in [0.5, 0.6) is 0 Å². The van der Waals surface area contributed by atoms with Gasteiger partial charge in [0, 0.05) is 12.6 Å². The number of hydrogen-bond donors (Lipinski definition) is 2. The van der Waals surface area contributed by atoms with Crippen LogP contribution in [0.2, 0.25) is 0 Å². The minimum absolute atomic E-state index is 0.0264. The van der Waals surface area contributed by atoms with Crippen LogP contribution in [0.3, 0.4) is 0 Å². The molecule has 0 aliphatic heterocycles. The van der Waals surface area contributed by atoms with Crippen LogP contribution in [-0.2, 0) is 4.79 Å². The SMILES string of the molecule is CCC[C@H](N)C(=O)NC(C)CN(CC)CC. The van der Waals surface area contributed by atoms with E-state index in [1.54, 1.807) is 0 Å². The van der Waals surface area contributed by atoms with Crippen molar-refractivity contribution in [3.05, 3.63) is 0 Å². The molecule has 0 aromatic carbocycles. The smallest absolute Gasteiger partial charge is 0.237 e. The molecule has 0 aromatic heterocycles. The average Bonchev–Trinajstić information content (AvgIpc) is 2.26. The van der Waals surface area contributed by atoms with Crippen molar-refractivity contribution in [3.8, 4) is 0 Å². The summed E-state index contributed by atoms with van der Waals surface area (Å²) in [6.07, 6.45) is 1.70. The highest BCUT2D eigenvalue weighted by molar-refractivity contribution is 5.81. The summed E-state index contributed by atoms with van der Waals surface area (Å²) in [7, 11) is 0. The molecule has 0 saturated heterocycles. The number of carbonyl (C=O) groups is 1. The summed E-state index contributed by atoms with van der Waals surface area (Å²) in [5.41, 5.74) is 5.75. The molecule has 1 amide bonds. The van der Waals surface area contributed by atoms with Crippen LogP contribution >= 0.6 is 0 Å². The van der Waals surface area contributed by atoms with Crippen LogP contribution in [0, 0.1) is 0 Å². The van der Waals surface area contributed by atoms with Crippen molar-refractivity contribution in [2.75, 3.05) is 19.6 Å². The van der Waals surface area contributed by atoms with Crippen LogP contribution in [0.4, 0.5) is 0 Å². The minimum Gasteiger partial charge on any atom is -0.351 e. The lowest BCUT2D eigenvalue weighted by Gasteiger charge is -2.24. The van der Waals surface area contributed by atoms with Crippen molar-refractivity contribution in [1.29, 1.82) is 0 Å². The Bertz CT molecular complexity index is 193. The predicted octanol–water partition coefficient (Wildman–Crippen LogP) is 0.960. The van der Waals surface area contributed by atoms with E-state index < -0.39 is 0 Å². The number of nitrogens with two attached hydrogens (primary N) is 1. The van der Waals surface area contributed by atoms with Gasteiger partial charge >= 0.3 is 0 Å². The zero-order valence-electron chi connectivity index (χ0n) is 11.1. The van der Waals surface area contributed by atoms with Gasteiger partial charge in [0.25, 0.3) is 0 Å². The second-order valence-electron chi connectivity index (χ2n) is 4.29. The molecular weight excluding hydrogens is 202 g/mol. The zero-order chi connectivity index (χ0) is 12.6. The Kier molecular flexibility index (Phi) is 8.21.